The number of piperidine rings is 1. The molecule has 40 heavy (non-hydrogen) atoms. The summed E-state index contributed by atoms with van der Waals surface area (Å²) in [5.74, 6) is -0.334. The van der Waals surface area contributed by atoms with Gasteiger partial charge >= 0.3 is 6.36 Å². The summed E-state index contributed by atoms with van der Waals surface area (Å²) in [4.78, 5) is 18.9. The number of amides is 1. The molecule has 1 aliphatic rings. The molecule has 1 aliphatic heterocycles. The van der Waals surface area contributed by atoms with Crippen molar-refractivity contribution < 1.29 is 32.2 Å². The van der Waals surface area contributed by atoms with E-state index in [-0.39, 0.29) is 16.7 Å². The number of carbonyl (C=O) groups is 1. The zero-order valence-electron chi connectivity index (χ0n) is 21.6. The molecule has 2 aromatic heterocycles. The Morgan fingerprint density at radius 2 is 1.93 bits per heavy atom. The number of nitrogens with two attached hydrogens (primary N) is 1. The second-order valence-electron chi connectivity index (χ2n) is 9.50. The fraction of sp³-hybridized carbons (Fsp3) is 0.333. The molecule has 1 atom stereocenters. The van der Waals surface area contributed by atoms with E-state index in [1.807, 2.05) is 18.2 Å². The Kier molecular flexibility index (Phi) is 7.85. The van der Waals surface area contributed by atoms with Crippen LogP contribution in [0.2, 0.25) is 5.02 Å². The van der Waals surface area contributed by atoms with Crippen molar-refractivity contribution in [3.63, 3.8) is 0 Å². The molecule has 5 rings (SSSR count). The van der Waals surface area contributed by atoms with Gasteiger partial charge in [0.2, 0.25) is 0 Å². The highest BCUT2D eigenvalue weighted by molar-refractivity contribution is 7.16. The third-order valence-electron chi connectivity index (χ3n) is 6.59. The van der Waals surface area contributed by atoms with Crippen LogP contribution in [0.15, 0.2) is 48.8 Å². The van der Waals surface area contributed by atoms with Crippen LogP contribution in [0.4, 0.5) is 13.2 Å². The number of aromatic nitrogens is 2. The Hall–Kier alpha value is -3.48. The number of thiophene rings is 1. The molecule has 0 aliphatic carbocycles. The van der Waals surface area contributed by atoms with Gasteiger partial charge < -0.3 is 24.8 Å². The van der Waals surface area contributed by atoms with E-state index in [2.05, 4.69) is 21.7 Å². The van der Waals surface area contributed by atoms with E-state index in [9.17, 15) is 18.0 Å². The number of hydrogen-bond donors (Lipinski definition) is 1. The van der Waals surface area contributed by atoms with Crippen molar-refractivity contribution >= 4 is 39.9 Å². The predicted octanol–water partition coefficient (Wildman–Crippen LogP) is 6.35. The zero-order chi connectivity index (χ0) is 28.6. The number of carbonyl (C=O) groups excluding carboxylic acids is 1. The summed E-state index contributed by atoms with van der Waals surface area (Å²) in [6.07, 6.45) is -2.12. The molecule has 8 nitrogen and oxygen atoms in total. The Morgan fingerprint density at radius 3 is 2.62 bits per heavy atom. The van der Waals surface area contributed by atoms with Gasteiger partial charge in [-0.25, -0.2) is 4.98 Å². The predicted molar refractivity (Wildman–Crippen MR) is 146 cm³/mol. The van der Waals surface area contributed by atoms with Gasteiger partial charge in [-0.15, -0.1) is 24.5 Å². The maximum Gasteiger partial charge on any atom is 0.573 e. The van der Waals surface area contributed by atoms with Crippen LogP contribution in [0.5, 0.6) is 17.2 Å². The average Bonchev–Trinajstić information content (AvgIpc) is 3.49. The normalized spacial score (nSPS) is 15.8. The van der Waals surface area contributed by atoms with Gasteiger partial charge in [0, 0.05) is 30.8 Å². The Morgan fingerprint density at radius 1 is 1.18 bits per heavy atom. The van der Waals surface area contributed by atoms with Gasteiger partial charge in [-0.05, 0) is 45.0 Å². The fourth-order valence-corrected chi connectivity index (χ4v) is 5.82. The maximum absolute atomic E-state index is 12.8. The molecule has 212 valence electrons. The lowest BCUT2D eigenvalue weighted by molar-refractivity contribution is -0.274. The lowest BCUT2D eigenvalue weighted by Gasteiger charge is -2.30. The highest BCUT2D eigenvalue weighted by Crippen LogP contribution is 2.39. The van der Waals surface area contributed by atoms with Gasteiger partial charge in [-0.1, -0.05) is 23.7 Å². The van der Waals surface area contributed by atoms with Crippen LogP contribution in [0.25, 0.3) is 16.0 Å². The van der Waals surface area contributed by atoms with Gasteiger partial charge in [-0.2, -0.15) is 0 Å². The number of rotatable bonds is 8. The van der Waals surface area contributed by atoms with Crippen LogP contribution in [-0.4, -0.2) is 53.0 Å². The first kappa shape index (κ1) is 28.1. The molecule has 3 heterocycles. The highest BCUT2D eigenvalue weighted by atomic mass is 35.5. The second kappa shape index (κ2) is 11.2. The van der Waals surface area contributed by atoms with Crippen molar-refractivity contribution in [2.24, 2.45) is 5.73 Å². The summed E-state index contributed by atoms with van der Waals surface area (Å²) >= 11 is 7.75. The molecule has 4 aromatic rings. The van der Waals surface area contributed by atoms with Crippen molar-refractivity contribution in [1.29, 1.82) is 0 Å². The molecule has 1 saturated heterocycles. The number of benzene rings is 2. The monoisotopic (exact) mass is 594 g/mol. The standard InChI is InChI=1S/C27H26ClF3N4O4S/c1-15(18-4-3-5-21(24(18)28)38-16-8-10-34(2)11-9-16)37-22-13-23(40-25(22)26(32)36)35-14-33-19-7-6-17(12-20(19)35)39-27(29,30)31/h3-7,12-16H,8-11H2,1-2H3,(H2,32,36). The van der Waals surface area contributed by atoms with Crippen LogP contribution < -0.4 is 19.9 Å². The van der Waals surface area contributed by atoms with E-state index in [0.717, 1.165) is 37.3 Å². The summed E-state index contributed by atoms with van der Waals surface area (Å²) < 4.78 is 56.2. The van der Waals surface area contributed by atoms with Crippen molar-refractivity contribution in [3.05, 3.63) is 64.3 Å². The smallest absolute Gasteiger partial charge is 0.489 e. The van der Waals surface area contributed by atoms with Crippen LogP contribution in [0.1, 0.15) is 41.1 Å². The number of primary amides is 1. The van der Waals surface area contributed by atoms with Gasteiger partial charge in [0.1, 0.15) is 45.7 Å². The summed E-state index contributed by atoms with van der Waals surface area (Å²) in [7, 11) is 2.08. The first-order valence-corrected chi connectivity index (χ1v) is 13.6. The van der Waals surface area contributed by atoms with E-state index in [1.165, 1.54) is 29.1 Å². The average molecular weight is 595 g/mol. The van der Waals surface area contributed by atoms with Crippen molar-refractivity contribution in [1.82, 2.24) is 14.5 Å². The van der Waals surface area contributed by atoms with E-state index in [0.29, 0.717) is 32.4 Å². The second-order valence-corrected chi connectivity index (χ2v) is 10.9. The highest BCUT2D eigenvalue weighted by Gasteiger charge is 2.31. The van der Waals surface area contributed by atoms with Gasteiger partial charge in [0.05, 0.1) is 16.1 Å². The Balaban J connectivity index is 1.41. The molecule has 1 amide bonds. The minimum Gasteiger partial charge on any atom is -0.489 e. The lowest BCUT2D eigenvalue weighted by atomic mass is 10.1. The SMILES string of the molecule is CC(Oc1cc(-n2cnc3ccc(OC(F)(F)F)cc32)sc1C(N)=O)c1cccc(OC2CCN(C)CC2)c1Cl. The third kappa shape index (κ3) is 6.13. The van der Waals surface area contributed by atoms with E-state index in [1.54, 1.807) is 13.0 Å². The third-order valence-corrected chi connectivity index (χ3v) is 8.13. The summed E-state index contributed by atoms with van der Waals surface area (Å²) in [6.45, 7) is 3.68. The minimum atomic E-state index is -4.84. The Labute approximate surface area is 237 Å². The summed E-state index contributed by atoms with van der Waals surface area (Å²) in [5.41, 5.74) is 7.09. The van der Waals surface area contributed by atoms with Crippen molar-refractivity contribution in [2.45, 2.75) is 38.3 Å². The molecule has 0 saturated carbocycles. The van der Waals surface area contributed by atoms with Gasteiger partial charge in [0.15, 0.2) is 0 Å². The number of fused-ring (bicyclic) bond motifs is 1. The molecule has 0 radical (unpaired) electrons. The molecule has 0 spiro atoms. The van der Waals surface area contributed by atoms with E-state index < -0.39 is 24.1 Å². The minimum absolute atomic E-state index is 0.0631. The molecule has 13 heteroatoms. The van der Waals surface area contributed by atoms with Crippen LogP contribution in [0, 0.1) is 0 Å². The first-order chi connectivity index (χ1) is 19.0. The largest absolute Gasteiger partial charge is 0.573 e. The van der Waals surface area contributed by atoms with E-state index in [4.69, 9.17) is 26.8 Å². The number of nitrogens with zero attached hydrogens (tertiary/aromatic N) is 3. The van der Waals surface area contributed by atoms with Crippen LogP contribution in [0.3, 0.4) is 0 Å². The van der Waals surface area contributed by atoms with E-state index >= 15 is 0 Å². The zero-order valence-corrected chi connectivity index (χ0v) is 23.1. The molecule has 1 fully saturated rings. The fourth-order valence-electron chi connectivity index (χ4n) is 4.57. The molecular formula is C27H26ClF3N4O4S. The summed E-state index contributed by atoms with van der Waals surface area (Å²) in [5, 5.41) is 0.885. The quantitative estimate of drug-likeness (QED) is 0.256. The first-order valence-electron chi connectivity index (χ1n) is 12.5. The molecule has 0 bridgehead atoms. The topological polar surface area (TPSA) is 91.8 Å². The molecule has 2 N–H and O–H groups in total. The number of hydrogen-bond acceptors (Lipinski definition) is 7. The Bertz CT molecular complexity index is 1530. The summed E-state index contributed by atoms with van der Waals surface area (Å²) in [6, 6.07) is 10.9. The van der Waals surface area contributed by atoms with Crippen molar-refractivity contribution in [2.75, 3.05) is 20.1 Å². The number of imidazole rings is 1. The number of halogens is 4. The van der Waals surface area contributed by atoms with Crippen LogP contribution in [-0.2, 0) is 0 Å². The van der Waals surface area contributed by atoms with Gasteiger partial charge in [-0.3, -0.25) is 9.36 Å². The lowest BCUT2D eigenvalue weighted by Crippen LogP contribution is -2.35. The number of ether oxygens (including phenoxy) is 3. The molecular weight excluding hydrogens is 569 g/mol. The van der Waals surface area contributed by atoms with Crippen LogP contribution >= 0.6 is 22.9 Å². The number of alkyl halides is 3. The maximum atomic E-state index is 12.8. The molecule has 1 unspecified atom stereocenters. The van der Waals surface area contributed by atoms with Gasteiger partial charge in [0.25, 0.3) is 5.91 Å². The number of likely N-dealkylation sites (tertiary alicyclic amines) is 1. The molecule has 2 aromatic carbocycles. The van der Waals surface area contributed by atoms with Crippen molar-refractivity contribution in [3.8, 4) is 22.2 Å².